The van der Waals surface area contributed by atoms with Crippen LogP contribution in [0.2, 0.25) is 0 Å². The van der Waals surface area contributed by atoms with E-state index in [2.05, 4.69) is 0 Å². The second-order valence-electron chi connectivity index (χ2n) is 2.34. The van der Waals surface area contributed by atoms with Crippen LogP contribution in [0.1, 0.15) is 13.8 Å². The smallest absolute Gasteiger partial charge is 0.168 e. The molecule has 0 saturated heterocycles. The van der Waals surface area contributed by atoms with Gasteiger partial charge < -0.3 is 11.5 Å². The Labute approximate surface area is 120 Å². The molecule has 0 aliphatic carbocycles. The van der Waals surface area contributed by atoms with Crippen LogP contribution in [0.5, 0.6) is 0 Å². The van der Waals surface area contributed by atoms with E-state index in [0.717, 1.165) is 0 Å². The van der Waals surface area contributed by atoms with Crippen molar-refractivity contribution >= 4 is 11.6 Å². The molecule has 1 radical (unpaired) electrons. The second kappa shape index (κ2) is 29.9. The third kappa shape index (κ3) is 36.2. The first kappa shape index (κ1) is 36.0. The summed E-state index contributed by atoms with van der Waals surface area (Å²) in [6, 6.07) is 0. The summed E-state index contributed by atoms with van der Waals surface area (Å²) in [7, 11) is 0. The number of rotatable bonds is 4. The molecule has 18 heavy (non-hydrogen) atoms. The zero-order valence-electron chi connectivity index (χ0n) is 10.4. The van der Waals surface area contributed by atoms with Crippen molar-refractivity contribution in [2.45, 2.75) is 13.8 Å². The molecule has 8 heteroatoms. The Hall–Kier alpha value is -0.730. The fraction of sp³-hybridized carbons (Fsp3) is 0.400. The summed E-state index contributed by atoms with van der Waals surface area (Å²) in [6.07, 6.45) is 6.27. The van der Waals surface area contributed by atoms with E-state index in [1.54, 1.807) is 26.0 Å². The molecule has 109 valence electrons. The molecular formula is C10H21F3N2O2Ta. The van der Waals surface area contributed by atoms with E-state index in [0.29, 0.717) is 0 Å². The summed E-state index contributed by atoms with van der Waals surface area (Å²) in [5.41, 5.74) is 9.91. The Morgan fingerprint density at radius 1 is 0.833 bits per heavy atom. The van der Waals surface area contributed by atoms with Crippen molar-refractivity contribution in [3.8, 4) is 0 Å². The summed E-state index contributed by atoms with van der Waals surface area (Å²) >= 11 is 0. The second-order valence-corrected chi connectivity index (χ2v) is 2.34. The van der Waals surface area contributed by atoms with Gasteiger partial charge in [0.25, 0.3) is 0 Å². The average molecular weight is 439 g/mol. The van der Waals surface area contributed by atoms with Crippen LogP contribution < -0.4 is 11.5 Å². The van der Waals surface area contributed by atoms with Crippen LogP contribution in [-0.4, -0.2) is 24.7 Å². The van der Waals surface area contributed by atoms with Crippen LogP contribution in [0, 0.1) is 0 Å². The molecule has 0 heterocycles. The van der Waals surface area contributed by atoms with Gasteiger partial charge in [-0.25, -0.2) is 0 Å². The van der Waals surface area contributed by atoms with Crippen LogP contribution >= 0.6 is 0 Å². The molecule has 0 aromatic heterocycles. The summed E-state index contributed by atoms with van der Waals surface area (Å²) < 4.78 is 0. The largest absolute Gasteiger partial charge is 0.324 e. The van der Waals surface area contributed by atoms with E-state index in [9.17, 15) is 9.59 Å². The maximum absolute atomic E-state index is 10.2. The molecule has 0 spiro atoms. The minimum Gasteiger partial charge on any atom is -0.324 e. The van der Waals surface area contributed by atoms with Gasteiger partial charge in [0.05, 0.1) is 13.1 Å². The quantitative estimate of drug-likeness (QED) is 0.630. The topological polar surface area (TPSA) is 86.2 Å². The molecule has 0 fully saturated rings. The number of allylic oxidation sites excluding steroid dienone is 2. The minimum absolute atomic E-state index is 0. The Bertz CT molecular complexity index is 213. The van der Waals surface area contributed by atoms with Crippen LogP contribution in [0.4, 0.5) is 14.1 Å². The van der Waals surface area contributed by atoms with Crippen molar-refractivity contribution in [2.24, 2.45) is 11.5 Å². The van der Waals surface area contributed by atoms with Gasteiger partial charge in [-0.05, 0) is 26.0 Å². The van der Waals surface area contributed by atoms with Crippen molar-refractivity contribution in [3.05, 3.63) is 24.3 Å². The standard InChI is InChI=1S/2C5H9NO.3FH.Ta/c2*1-2-3-5(7)4-6;;;;/h2*2-3H,4,6H2,1H3;3*1H;/b2*3-2+;;;;. The summed E-state index contributed by atoms with van der Waals surface area (Å²) in [6.45, 7) is 3.80. The first-order valence-corrected chi connectivity index (χ1v) is 4.33. The van der Waals surface area contributed by atoms with Gasteiger partial charge in [-0.1, -0.05) is 12.2 Å². The Morgan fingerprint density at radius 3 is 1.11 bits per heavy atom. The number of hydrogen-bond acceptors (Lipinski definition) is 4. The first-order chi connectivity index (χ1) is 6.62. The Balaban J connectivity index is -0.0000000327. The Kier molecular flexibility index (Phi) is 59.7. The molecule has 0 saturated carbocycles. The van der Waals surface area contributed by atoms with Crippen molar-refractivity contribution in [1.82, 2.24) is 0 Å². The molecule has 0 unspecified atom stereocenters. The number of carbonyl (C=O) groups excluding carboxylic acids is 2. The molecule has 0 aliphatic heterocycles. The average Bonchev–Trinajstić information content (AvgIpc) is 2.19. The van der Waals surface area contributed by atoms with Gasteiger partial charge in [0.2, 0.25) is 0 Å². The first-order valence-electron chi connectivity index (χ1n) is 4.33. The van der Waals surface area contributed by atoms with E-state index in [1.165, 1.54) is 12.2 Å². The summed E-state index contributed by atoms with van der Waals surface area (Å²) in [4.78, 5) is 20.4. The van der Waals surface area contributed by atoms with E-state index >= 15 is 0 Å². The van der Waals surface area contributed by atoms with Crippen molar-refractivity contribution in [1.29, 1.82) is 0 Å². The molecule has 0 aromatic rings. The van der Waals surface area contributed by atoms with Gasteiger partial charge in [0, 0.05) is 22.4 Å². The Morgan fingerprint density at radius 2 is 1.06 bits per heavy atom. The van der Waals surface area contributed by atoms with Crippen LogP contribution in [0.25, 0.3) is 0 Å². The SMILES string of the molecule is C/C=C/C(=O)CN.C/C=C/C(=O)CN.F.F.F.[Ta]. The molecule has 4 nitrogen and oxygen atoms in total. The van der Waals surface area contributed by atoms with Crippen LogP contribution in [0.3, 0.4) is 0 Å². The number of nitrogens with two attached hydrogens (primary N) is 2. The maximum atomic E-state index is 10.2. The van der Waals surface area contributed by atoms with Gasteiger partial charge in [-0.3, -0.25) is 23.7 Å². The summed E-state index contributed by atoms with van der Waals surface area (Å²) in [5.74, 6) is -0.0509. The monoisotopic (exact) mass is 439 g/mol. The van der Waals surface area contributed by atoms with Crippen molar-refractivity contribution < 1.29 is 46.1 Å². The van der Waals surface area contributed by atoms with Crippen LogP contribution in [-0.2, 0) is 32.0 Å². The van der Waals surface area contributed by atoms with Crippen molar-refractivity contribution in [3.63, 3.8) is 0 Å². The van der Waals surface area contributed by atoms with Gasteiger partial charge in [-0.2, -0.15) is 0 Å². The predicted octanol–water partition coefficient (Wildman–Crippen LogP) is 0.636. The molecule has 0 amide bonds. The van der Waals surface area contributed by atoms with E-state index in [1.807, 2.05) is 0 Å². The summed E-state index contributed by atoms with van der Waals surface area (Å²) in [5, 5.41) is 0. The maximum Gasteiger partial charge on any atom is 0.168 e. The third-order valence-corrected chi connectivity index (χ3v) is 1.11. The van der Waals surface area contributed by atoms with Gasteiger partial charge in [0.1, 0.15) is 0 Å². The van der Waals surface area contributed by atoms with Crippen molar-refractivity contribution in [2.75, 3.05) is 13.1 Å². The fourth-order valence-electron chi connectivity index (χ4n) is 0.508. The minimum atomic E-state index is -0.0255. The molecule has 4 N–H and O–H groups in total. The molecule has 0 bridgehead atoms. The zero-order chi connectivity index (χ0) is 11.4. The van der Waals surface area contributed by atoms with Gasteiger partial charge in [0.15, 0.2) is 11.6 Å². The number of halogens is 3. The molecule has 0 aromatic carbocycles. The van der Waals surface area contributed by atoms with Gasteiger partial charge >= 0.3 is 0 Å². The molecule has 0 aliphatic rings. The molecule has 0 atom stereocenters. The molecular weight excluding hydrogens is 418 g/mol. The number of carbonyl (C=O) groups is 2. The van der Waals surface area contributed by atoms with E-state index in [-0.39, 0.29) is 61.1 Å². The van der Waals surface area contributed by atoms with Gasteiger partial charge in [-0.15, -0.1) is 0 Å². The third-order valence-electron chi connectivity index (χ3n) is 1.11. The zero-order valence-corrected chi connectivity index (χ0v) is 13.6. The van der Waals surface area contributed by atoms with E-state index < -0.39 is 0 Å². The fourth-order valence-corrected chi connectivity index (χ4v) is 0.508. The number of ketones is 2. The molecule has 0 rings (SSSR count). The predicted molar refractivity (Wildman–Crippen MR) is 65.3 cm³/mol. The van der Waals surface area contributed by atoms with E-state index in [4.69, 9.17) is 11.5 Å². The number of hydrogen-bond donors (Lipinski definition) is 2. The normalized spacial score (nSPS) is 7.78. The van der Waals surface area contributed by atoms with Crippen LogP contribution in [0.15, 0.2) is 24.3 Å².